The van der Waals surface area contributed by atoms with Crippen molar-refractivity contribution in [2.45, 2.75) is 33.7 Å². The maximum atomic E-state index is 10.7. The number of nitro groups is 1. The predicted octanol–water partition coefficient (Wildman–Crippen LogP) is 4.75. The molecule has 1 aliphatic carbocycles. The summed E-state index contributed by atoms with van der Waals surface area (Å²) in [5.41, 5.74) is 0.718. The average Bonchev–Trinajstić information content (AvgIpc) is 2.64. The van der Waals surface area contributed by atoms with Crippen LogP contribution in [0.25, 0.3) is 0 Å². The van der Waals surface area contributed by atoms with E-state index in [4.69, 9.17) is 23.2 Å². The smallest absolute Gasteiger partial charge is 0.272 e. The summed E-state index contributed by atoms with van der Waals surface area (Å²) in [4.78, 5) is 10.2. The van der Waals surface area contributed by atoms with E-state index in [9.17, 15) is 10.1 Å². The largest absolute Gasteiger partial charge is 0.379 e. The van der Waals surface area contributed by atoms with Crippen molar-refractivity contribution in [2.24, 2.45) is 10.8 Å². The van der Waals surface area contributed by atoms with E-state index in [1.165, 1.54) is 12.1 Å². The molecule has 1 saturated carbocycles. The summed E-state index contributed by atoms with van der Waals surface area (Å²) < 4.78 is 0. The molecule has 104 valence electrons. The van der Waals surface area contributed by atoms with E-state index < -0.39 is 4.92 Å². The monoisotopic (exact) mass is 302 g/mol. The average molecular weight is 303 g/mol. The van der Waals surface area contributed by atoms with Crippen molar-refractivity contribution in [1.29, 1.82) is 0 Å². The Morgan fingerprint density at radius 3 is 1.89 bits per heavy atom. The Morgan fingerprint density at radius 1 is 1.16 bits per heavy atom. The summed E-state index contributed by atoms with van der Waals surface area (Å²) in [6.45, 7) is 8.66. The van der Waals surface area contributed by atoms with Gasteiger partial charge in [0.1, 0.15) is 0 Å². The quantitative estimate of drug-likeness (QED) is 0.647. The van der Waals surface area contributed by atoms with E-state index in [2.05, 4.69) is 33.0 Å². The number of benzene rings is 1. The summed E-state index contributed by atoms with van der Waals surface area (Å²) in [6, 6.07) is 2.87. The highest BCUT2D eigenvalue weighted by atomic mass is 35.5. The molecule has 1 aliphatic rings. The van der Waals surface area contributed by atoms with E-state index in [0.717, 1.165) is 0 Å². The van der Waals surface area contributed by atoms with Gasteiger partial charge in [-0.2, -0.15) is 0 Å². The molecule has 0 heterocycles. The highest BCUT2D eigenvalue weighted by Gasteiger charge is 2.65. The number of halogens is 2. The molecule has 19 heavy (non-hydrogen) atoms. The third-order valence-corrected chi connectivity index (χ3v) is 5.14. The number of non-ortho nitro benzene ring substituents is 1. The number of nitrogens with one attached hydrogen (secondary N) is 1. The Hall–Kier alpha value is -1.00. The minimum Gasteiger partial charge on any atom is -0.379 e. The van der Waals surface area contributed by atoms with Gasteiger partial charge in [0.15, 0.2) is 0 Å². The van der Waals surface area contributed by atoms with E-state index in [1.807, 2.05) is 0 Å². The zero-order valence-corrected chi connectivity index (χ0v) is 12.8. The fraction of sp³-hybridized carbons (Fsp3) is 0.538. The van der Waals surface area contributed by atoms with Crippen molar-refractivity contribution < 1.29 is 4.92 Å². The number of hydrogen-bond acceptors (Lipinski definition) is 3. The molecule has 0 radical (unpaired) electrons. The standard InChI is InChI=1S/C13H16Cl2N2O2/c1-12(2)11(13(12,3)4)16-10-8(14)5-7(17(18)19)6-9(10)15/h5-6,11,16H,1-4H3. The van der Waals surface area contributed by atoms with Gasteiger partial charge in [-0.3, -0.25) is 10.1 Å². The first kappa shape index (κ1) is 14.4. The number of anilines is 1. The van der Waals surface area contributed by atoms with Crippen molar-refractivity contribution >= 4 is 34.6 Å². The Balaban J connectivity index is 2.31. The lowest BCUT2D eigenvalue weighted by atomic mass is 10.0. The summed E-state index contributed by atoms with van der Waals surface area (Å²) >= 11 is 12.2. The first-order valence-corrected chi connectivity index (χ1v) is 6.74. The van der Waals surface area contributed by atoms with Crippen LogP contribution in [-0.2, 0) is 0 Å². The van der Waals surface area contributed by atoms with Crippen LogP contribution < -0.4 is 5.32 Å². The molecule has 0 spiro atoms. The molecule has 2 rings (SSSR count). The van der Waals surface area contributed by atoms with E-state index in [-0.39, 0.29) is 32.6 Å². The second-order valence-electron chi connectivity index (χ2n) is 6.06. The van der Waals surface area contributed by atoms with Crippen molar-refractivity contribution in [2.75, 3.05) is 5.32 Å². The van der Waals surface area contributed by atoms with Crippen LogP contribution in [0.3, 0.4) is 0 Å². The summed E-state index contributed by atoms with van der Waals surface area (Å²) in [5, 5.41) is 14.6. The van der Waals surface area contributed by atoms with Crippen LogP contribution in [0.2, 0.25) is 10.0 Å². The zero-order valence-electron chi connectivity index (χ0n) is 11.3. The van der Waals surface area contributed by atoms with Crippen LogP contribution >= 0.6 is 23.2 Å². The van der Waals surface area contributed by atoms with Crippen LogP contribution in [0.5, 0.6) is 0 Å². The first-order chi connectivity index (χ1) is 8.59. The van der Waals surface area contributed by atoms with Gasteiger partial charge >= 0.3 is 0 Å². The van der Waals surface area contributed by atoms with E-state index in [0.29, 0.717) is 5.69 Å². The minimum atomic E-state index is -0.507. The van der Waals surface area contributed by atoms with Crippen LogP contribution in [0.1, 0.15) is 27.7 Å². The van der Waals surface area contributed by atoms with Gasteiger partial charge in [-0.1, -0.05) is 50.9 Å². The van der Waals surface area contributed by atoms with Gasteiger partial charge in [0.05, 0.1) is 20.7 Å². The Labute approximate surface area is 122 Å². The normalized spacial score (nSPS) is 20.1. The highest BCUT2D eigenvalue weighted by molar-refractivity contribution is 6.39. The van der Waals surface area contributed by atoms with Gasteiger partial charge in [0, 0.05) is 18.2 Å². The molecule has 0 aliphatic heterocycles. The molecule has 0 amide bonds. The highest BCUT2D eigenvalue weighted by Crippen LogP contribution is 2.64. The SMILES string of the molecule is CC1(C)C(Nc2c(Cl)cc([N+](=O)[O-])cc2Cl)C1(C)C. The van der Waals surface area contributed by atoms with Gasteiger partial charge in [-0.05, 0) is 10.8 Å². The number of rotatable bonds is 3. The Bertz CT molecular complexity index is 519. The van der Waals surface area contributed by atoms with Crippen LogP contribution in [-0.4, -0.2) is 11.0 Å². The van der Waals surface area contributed by atoms with Gasteiger partial charge in [-0.15, -0.1) is 0 Å². The van der Waals surface area contributed by atoms with Crippen molar-refractivity contribution in [3.8, 4) is 0 Å². The van der Waals surface area contributed by atoms with Gasteiger partial charge in [-0.25, -0.2) is 0 Å². The fourth-order valence-corrected chi connectivity index (χ4v) is 3.09. The van der Waals surface area contributed by atoms with E-state index in [1.54, 1.807) is 0 Å². The molecule has 1 aromatic carbocycles. The molecular weight excluding hydrogens is 287 g/mol. The number of nitrogens with zero attached hydrogens (tertiary/aromatic N) is 1. The molecule has 4 nitrogen and oxygen atoms in total. The molecule has 0 atom stereocenters. The molecule has 1 fully saturated rings. The molecule has 6 heteroatoms. The summed E-state index contributed by atoms with van der Waals surface area (Å²) in [6.07, 6.45) is 0. The fourth-order valence-electron chi connectivity index (χ4n) is 2.50. The van der Waals surface area contributed by atoms with Crippen molar-refractivity contribution in [1.82, 2.24) is 0 Å². The second kappa shape index (κ2) is 4.25. The van der Waals surface area contributed by atoms with Crippen LogP contribution in [0.4, 0.5) is 11.4 Å². The van der Waals surface area contributed by atoms with Crippen molar-refractivity contribution in [3.63, 3.8) is 0 Å². The Morgan fingerprint density at radius 2 is 1.58 bits per heavy atom. The Kier molecular flexibility index (Phi) is 3.22. The first-order valence-electron chi connectivity index (χ1n) is 5.99. The van der Waals surface area contributed by atoms with Crippen LogP contribution in [0, 0.1) is 20.9 Å². The lowest BCUT2D eigenvalue weighted by Gasteiger charge is -2.12. The molecule has 0 saturated heterocycles. The number of nitro benzene ring substituents is 1. The summed E-state index contributed by atoms with van der Waals surface area (Å²) in [7, 11) is 0. The third-order valence-electron chi connectivity index (χ3n) is 4.55. The second-order valence-corrected chi connectivity index (χ2v) is 6.88. The van der Waals surface area contributed by atoms with Gasteiger partial charge in [0.2, 0.25) is 0 Å². The predicted molar refractivity (Wildman–Crippen MR) is 78.1 cm³/mol. The lowest BCUT2D eigenvalue weighted by molar-refractivity contribution is -0.384. The molecular formula is C13H16Cl2N2O2. The summed E-state index contributed by atoms with van der Waals surface area (Å²) in [5.74, 6) is 0. The third kappa shape index (κ3) is 2.17. The number of hydrogen-bond donors (Lipinski definition) is 1. The van der Waals surface area contributed by atoms with Gasteiger partial charge < -0.3 is 5.32 Å². The molecule has 0 unspecified atom stereocenters. The van der Waals surface area contributed by atoms with Crippen molar-refractivity contribution in [3.05, 3.63) is 32.3 Å². The topological polar surface area (TPSA) is 55.2 Å². The minimum absolute atomic E-state index is 0.102. The lowest BCUT2D eigenvalue weighted by Crippen LogP contribution is -2.11. The zero-order chi connectivity index (χ0) is 14.6. The maximum absolute atomic E-state index is 10.7. The maximum Gasteiger partial charge on any atom is 0.272 e. The molecule has 0 bridgehead atoms. The molecule has 1 N–H and O–H groups in total. The molecule has 0 aromatic heterocycles. The van der Waals surface area contributed by atoms with E-state index >= 15 is 0 Å². The van der Waals surface area contributed by atoms with Gasteiger partial charge in [0.25, 0.3) is 5.69 Å². The molecule has 1 aromatic rings. The van der Waals surface area contributed by atoms with Crippen LogP contribution in [0.15, 0.2) is 12.1 Å².